The number of aromatic hydroxyl groups is 1. The van der Waals surface area contributed by atoms with E-state index in [0.29, 0.717) is 18.4 Å². The molecule has 15 heavy (non-hydrogen) atoms. The summed E-state index contributed by atoms with van der Waals surface area (Å²) < 4.78 is 0. The molecule has 3 N–H and O–H groups in total. The molecule has 2 rings (SSSR count). The molecule has 80 valence electrons. The highest BCUT2D eigenvalue weighted by molar-refractivity contribution is 5.77. The molecule has 0 spiro atoms. The van der Waals surface area contributed by atoms with Gasteiger partial charge in [0, 0.05) is 12.0 Å². The monoisotopic (exact) mass is 207 g/mol. The molecule has 0 bridgehead atoms. The van der Waals surface area contributed by atoms with Crippen LogP contribution in [0.3, 0.4) is 0 Å². The minimum Gasteiger partial charge on any atom is -0.508 e. The second kappa shape index (κ2) is 3.90. The third kappa shape index (κ3) is 1.94. The molecule has 0 aromatic heterocycles. The zero-order valence-corrected chi connectivity index (χ0v) is 8.18. The average Bonchev–Trinajstić information content (AvgIpc) is 2.23. The van der Waals surface area contributed by atoms with E-state index in [0.717, 1.165) is 0 Å². The van der Waals surface area contributed by atoms with Gasteiger partial charge in [-0.15, -0.1) is 0 Å². The van der Waals surface area contributed by atoms with Crippen LogP contribution >= 0.6 is 0 Å². The van der Waals surface area contributed by atoms with Crippen molar-refractivity contribution in [2.24, 2.45) is 0 Å². The van der Waals surface area contributed by atoms with Gasteiger partial charge in [0.1, 0.15) is 5.75 Å². The lowest BCUT2D eigenvalue weighted by molar-refractivity contribution is -0.126. The molecule has 1 heterocycles. The summed E-state index contributed by atoms with van der Waals surface area (Å²) in [5.41, 5.74) is 0.568. The van der Waals surface area contributed by atoms with Gasteiger partial charge >= 0.3 is 0 Å². The molecule has 4 heteroatoms. The van der Waals surface area contributed by atoms with Gasteiger partial charge in [-0.3, -0.25) is 4.79 Å². The first-order valence-corrected chi connectivity index (χ1v) is 4.94. The maximum atomic E-state index is 11.2. The number of amides is 1. The number of rotatable bonds is 1. The lowest BCUT2D eigenvalue weighted by Crippen LogP contribution is -2.41. The molecule has 1 amide bonds. The molecule has 4 nitrogen and oxygen atoms in total. The number of para-hydroxylation sites is 1. The number of benzene rings is 1. The largest absolute Gasteiger partial charge is 0.508 e. The Morgan fingerprint density at radius 3 is 2.80 bits per heavy atom. The zero-order chi connectivity index (χ0) is 10.8. The summed E-state index contributed by atoms with van der Waals surface area (Å²) in [7, 11) is 0. The topological polar surface area (TPSA) is 69.6 Å². The van der Waals surface area contributed by atoms with Crippen molar-refractivity contribution >= 4 is 5.91 Å². The van der Waals surface area contributed by atoms with Gasteiger partial charge in [0.2, 0.25) is 5.91 Å². The van der Waals surface area contributed by atoms with E-state index in [2.05, 4.69) is 5.32 Å². The summed E-state index contributed by atoms with van der Waals surface area (Å²) in [5, 5.41) is 22.0. The van der Waals surface area contributed by atoms with Gasteiger partial charge in [-0.1, -0.05) is 18.2 Å². The van der Waals surface area contributed by atoms with Crippen molar-refractivity contribution in [3.8, 4) is 5.75 Å². The Kier molecular flexibility index (Phi) is 2.60. The number of piperidine rings is 1. The third-order valence-corrected chi connectivity index (χ3v) is 2.64. The first-order valence-electron chi connectivity index (χ1n) is 4.94. The predicted molar refractivity (Wildman–Crippen MR) is 54.2 cm³/mol. The molecule has 1 aliphatic rings. The highest BCUT2D eigenvalue weighted by atomic mass is 16.3. The van der Waals surface area contributed by atoms with Crippen molar-refractivity contribution in [1.82, 2.24) is 5.32 Å². The predicted octanol–water partition coefficient (Wildman–Crippen LogP) is 0.704. The second-order valence-corrected chi connectivity index (χ2v) is 3.71. The van der Waals surface area contributed by atoms with E-state index in [1.54, 1.807) is 24.3 Å². The van der Waals surface area contributed by atoms with Crippen LogP contribution in [0.2, 0.25) is 0 Å². The molecular weight excluding hydrogens is 194 g/mol. The first kappa shape index (κ1) is 9.98. The van der Waals surface area contributed by atoms with E-state index in [1.807, 2.05) is 0 Å². The van der Waals surface area contributed by atoms with Crippen LogP contribution in [0, 0.1) is 0 Å². The number of nitrogens with one attached hydrogen (secondary N) is 1. The molecular formula is C11H13NO3. The van der Waals surface area contributed by atoms with Gasteiger partial charge in [-0.2, -0.15) is 0 Å². The third-order valence-electron chi connectivity index (χ3n) is 2.64. The van der Waals surface area contributed by atoms with Crippen LogP contribution in [0.15, 0.2) is 24.3 Å². The fourth-order valence-electron chi connectivity index (χ4n) is 1.82. The molecule has 0 aliphatic carbocycles. The van der Waals surface area contributed by atoms with Crippen LogP contribution in [0.4, 0.5) is 0 Å². The van der Waals surface area contributed by atoms with Crippen LogP contribution in [-0.4, -0.2) is 22.2 Å². The van der Waals surface area contributed by atoms with Crippen molar-refractivity contribution < 1.29 is 15.0 Å². The highest BCUT2D eigenvalue weighted by Gasteiger charge is 2.29. The number of aliphatic hydroxyl groups excluding tert-OH is 1. The Morgan fingerprint density at radius 1 is 1.33 bits per heavy atom. The molecule has 1 aromatic rings. The number of phenolic OH excluding ortho intramolecular Hbond substituents is 1. The van der Waals surface area contributed by atoms with Gasteiger partial charge in [0.25, 0.3) is 0 Å². The van der Waals surface area contributed by atoms with Crippen molar-refractivity contribution in [2.75, 3.05) is 0 Å². The summed E-state index contributed by atoms with van der Waals surface area (Å²) in [6.45, 7) is 0. The van der Waals surface area contributed by atoms with Crippen LogP contribution in [0.25, 0.3) is 0 Å². The lowest BCUT2D eigenvalue weighted by atomic mass is 9.94. The van der Waals surface area contributed by atoms with Crippen molar-refractivity contribution in [3.63, 3.8) is 0 Å². The number of aliphatic hydroxyl groups is 1. The lowest BCUT2D eigenvalue weighted by Gasteiger charge is -2.29. The molecule has 2 atom stereocenters. The number of carbonyl (C=O) groups is 1. The van der Waals surface area contributed by atoms with Crippen molar-refractivity contribution in [3.05, 3.63) is 29.8 Å². The minimum atomic E-state index is -0.629. The number of hydrogen-bond donors (Lipinski definition) is 3. The molecule has 1 saturated heterocycles. The molecule has 1 aliphatic heterocycles. The van der Waals surface area contributed by atoms with E-state index in [1.165, 1.54) is 0 Å². The summed E-state index contributed by atoms with van der Waals surface area (Å²) in [6, 6.07) is 6.23. The second-order valence-electron chi connectivity index (χ2n) is 3.71. The van der Waals surface area contributed by atoms with E-state index in [9.17, 15) is 15.0 Å². The Hall–Kier alpha value is -1.55. The SMILES string of the molecule is O=C1CCC(O)C(c2ccccc2O)N1. The summed E-state index contributed by atoms with van der Waals surface area (Å²) in [5.74, 6) is 0.0114. The molecule has 0 saturated carbocycles. The Labute approximate surface area is 87.6 Å². The van der Waals surface area contributed by atoms with Gasteiger partial charge in [0.05, 0.1) is 12.1 Å². The van der Waals surface area contributed by atoms with Gasteiger partial charge in [-0.05, 0) is 12.5 Å². The normalized spacial score (nSPS) is 26.1. The standard InChI is InChI=1S/C11H13NO3/c13-8-4-2-1-3-7(8)11-9(14)5-6-10(15)12-11/h1-4,9,11,13-14H,5-6H2,(H,12,15). The van der Waals surface area contributed by atoms with Crippen LogP contribution in [0.5, 0.6) is 5.75 Å². The van der Waals surface area contributed by atoms with Crippen LogP contribution in [-0.2, 0) is 4.79 Å². The maximum absolute atomic E-state index is 11.2. The Morgan fingerprint density at radius 2 is 2.07 bits per heavy atom. The number of phenols is 1. The van der Waals surface area contributed by atoms with Gasteiger partial charge in [0.15, 0.2) is 0 Å². The molecule has 1 fully saturated rings. The molecule has 0 radical (unpaired) electrons. The smallest absolute Gasteiger partial charge is 0.220 e. The van der Waals surface area contributed by atoms with E-state index >= 15 is 0 Å². The minimum absolute atomic E-state index is 0.0893. The Balaban J connectivity index is 2.29. The fraction of sp³-hybridized carbons (Fsp3) is 0.364. The average molecular weight is 207 g/mol. The van der Waals surface area contributed by atoms with E-state index in [4.69, 9.17) is 0 Å². The summed E-state index contributed by atoms with van der Waals surface area (Å²) in [4.78, 5) is 11.2. The van der Waals surface area contributed by atoms with Crippen molar-refractivity contribution in [1.29, 1.82) is 0 Å². The highest BCUT2D eigenvalue weighted by Crippen LogP contribution is 2.29. The van der Waals surface area contributed by atoms with Gasteiger partial charge in [-0.25, -0.2) is 0 Å². The number of hydrogen-bond acceptors (Lipinski definition) is 3. The van der Waals surface area contributed by atoms with Crippen LogP contribution in [0.1, 0.15) is 24.4 Å². The summed E-state index contributed by atoms with van der Waals surface area (Å²) >= 11 is 0. The zero-order valence-electron chi connectivity index (χ0n) is 8.18. The fourth-order valence-corrected chi connectivity index (χ4v) is 1.82. The Bertz CT molecular complexity index is 378. The molecule has 2 unspecified atom stereocenters. The van der Waals surface area contributed by atoms with Gasteiger partial charge < -0.3 is 15.5 Å². The first-order chi connectivity index (χ1) is 7.18. The molecule has 1 aromatic carbocycles. The van der Waals surface area contributed by atoms with Crippen molar-refractivity contribution in [2.45, 2.75) is 25.0 Å². The van der Waals surface area contributed by atoms with Crippen LogP contribution < -0.4 is 5.32 Å². The summed E-state index contributed by atoms with van der Waals surface area (Å²) in [6.07, 6.45) is 0.145. The number of carbonyl (C=O) groups excluding carboxylic acids is 1. The quantitative estimate of drug-likeness (QED) is 0.635. The van der Waals surface area contributed by atoms with E-state index < -0.39 is 12.1 Å². The van der Waals surface area contributed by atoms with E-state index in [-0.39, 0.29) is 11.7 Å². The maximum Gasteiger partial charge on any atom is 0.220 e.